The summed E-state index contributed by atoms with van der Waals surface area (Å²) in [6.07, 6.45) is 1.90. The highest BCUT2D eigenvalue weighted by Gasteiger charge is 2.08. The molecule has 0 atom stereocenters. The lowest BCUT2D eigenvalue weighted by Gasteiger charge is -2.14. The van der Waals surface area contributed by atoms with Crippen molar-refractivity contribution in [2.24, 2.45) is 0 Å². The van der Waals surface area contributed by atoms with Gasteiger partial charge < -0.3 is 10.1 Å². The van der Waals surface area contributed by atoms with Crippen LogP contribution in [0, 0.1) is 0 Å². The van der Waals surface area contributed by atoms with E-state index in [2.05, 4.69) is 47.7 Å². The van der Waals surface area contributed by atoms with E-state index >= 15 is 0 Å². The quantitative estimate of drug-likeness (QED) is 0.608. The van der Waals surface area contributed by atoms with Gasteiger partial charge in [0.25, 0.3) is 0 Å². The summed E-state index contributed by atoms with van der Waals surface area (Å²) >= 11 is 3.49. The molecule has 0 aliphatic carbocycles. The highest BCUT2D eigenvalue weighted by Crippen LogP contribution is 2.29. The molecule has 94 valence electrons. The average molecular weight is 299 g/mol. The van der Waals surface area contributed by atoms with Gasteiger partial charge in [-0.25, -0.2) is 0 Å². The lowest BCUT2D eigenvalue weighted by Crippen LogP contribution is -2.85. The van der Waals surface area contributed by atoms with Gasteiger partial charge >= 0.3 is 0 Å². The first-order valence-corrected chi connectivity index (χ1v) is 6.79. The molecule has 2 N–H and O–H groups in total. The molecular weight excluding hydrogens is 278 g/mol. The molecule has 0 aliphatic heterocycles. The van der Waals surface area contributed by atoms with Crippen molar-refractivity contribution in [2.75, 3.05) is 19.7 Å². The standard InChI is InChI=1S/C14H20BrNO/c1-4-7-16-8-9-17-14-6-5-12(15)10-13(14)11(2)3/h4-6,10-11,16H,1,7-9H2,2-3H3/p+1. The second-order valence-electron chi connectivity index (χ2n) is 4.29. The van der Waals surface area contributed by atoms with Crippen LogP contribution in [0.3, 0.4) is 0 Å². The third-order valence-corrected chi connectivity index (χ3v) is 3.00. The van der Waals surface area contributed by atoms with Crippen molar-refractivity contribution in [1.29, 1.82) is 0 Å². The number of nitrogens with two attached hydrogens (primary N) is 1. The Morgan fingerprint density at radius 3 is 2.88 bits per heavy atom. The predicted octanol–water partition coefficient (Wildman–Crippen LogP) is 2.70. The van der Waals surface area contributed by atoms with Crippen LogP contribution in [-0.2, 0) is 0 Å². The highest BCUT2D eigenvalue weighted by molar-refractivity contribution is 9.10. The summed E-state index contributed by atoms with van der Waals surface area (Å²) in [5.41, 5.74) is 1.25. The number of benzene rings is 1. The molecule has 0 fully saturated rings. The molecular formula is C14H21BrNO+. The van der Waals surface area contributed by atoms with Crippen molar-refractivity contribution in [3.05, 3.63) is 40.9 Å². The fraction of sp³-hybridized carbons (Fsp3) is 0.429. The molecule has 0 saturated heterocycles. The molecule has 0 spiro atoms. The van der Waals surface area contributed by atoms with E-state index in [1.807, 2.05) is 18.2 Å². The maximum Gasteiger partial charge on any atom is 0.137 e. The Morgan fingerprint density at radius 2 is 2.24 bits per heavy atom. The Labute approximate surface area is 112 Å². The van der Waals surface area contributed by atoms with Crippen molar-refractivity contribution < 1.29 is 10.1 Å². The third-order valence-electron chi connectivity index (χ3n) is 2.51. The molecule has 3 heteroatoms. The average Bonchev–Trinajstić information content (AvgIpc) is 2.30. The van der Waals surface area contributed by atoms with E-state index in [4.69, 9.17) is 4.74 Å². The minimum absolute atomic E-state index is 0.472. The van der Waals surface area contributed by atoms with E-state index in [0.29, 0.717) is 5.92 Å². The number of hydrogen-bond donors (Lipinski definition) is 1. The Bertz CT molecular complexity index is 363. The molecule has 2 nitrogen and oxygen atoms in total. The summed E-state index contributed by atoms with van der Waals surface area (Å²) in [7, 11) is 0. The van der Waals surface area contributed by atoms with Crippen LogP contribution < -0.4 is 10.1 Å². The first-order valence-electron chi connectivity index (χ1n) is 6.00. The van der Waals surface area contributed by atoms with Crippen molar-refractivity contribution >= 4 is 15.9 Å². The largest absolute Gasteiger partial charge is 0.487 e. The molecule has 0 amide bonds. The second kappa shape index (κ2) is 7.51. The maximum absolute atomic E-state index is 5.81. The Balaban J connectivity index is 2.54. The van der Waals surface area contributed by atoms with Gasteiger partial charge in [-0.3, -0.25) is 0 Å². The van der Waals surface area contributed by atoms with Crippen LogP contribution in [-0.4, -0.2) is 19.7 Å². The fourth-order valence-electron chi connectivity index (χ4n) is 1.59. The summed E-state index contributed by atoms with van der Waals surface area (Å²) < 4.78 is 6.92. The van der Waals surface area contributed by atoms with Gasteiger partial charge in [0.15, 0.2) is 0 Å². The van der Waals surface area contributed by atoms with E-state index in [1.54, 1.807) is 0 Å². The zero-order chi connectivity index (χ0) is 12.7. The molecule has 1 aromatic carbocycles. The Kier molecular flexibility index (Phi) is 6.30. The van der Waals surface area contributed by atoms with Gasteiger partial charge in [0.2, 0.25) is 0 Å². The van der Waals surface area contributed by atoms with E-state index < -0.39 is 0 Å². The Morgan fingerprint density at radius 1 is 1.47 bits per heavy atom. The zero-order valence-corrected chi connectivity index (χ0v) is 12.2. The van der Waals surface area contributed by atoms with Crippen molar-refractivity contribution in [2.45, 2.75) is 19.8 Å². The molecule has 1 rings (SSSR count). The lowest BCUT2D eigenvalue weighted by atomic mass is 10.0. The first kappa shape index (κ1) is 14.3. The molecule has 0 bridgehead atoms. The maximum atomic E-state index is 5.81. The SMILES string of the molecule is C=CC[NH2+]CCOc1ccc(Br)cc1C(C)C. The van der Waals surface area contributed by atoms with E-state index in [0.717, 1.165) is 29.9 Å². The number of ether oxygens (including phenoxy) is 1. The lowest BCUT2D eigenvalue weighted by molar-refractivity contribution is -0.646. The highest BCUT2D eigenvalue weighted by atomic mass is 79.9. The smallest absolute Gasteiger partial charge is 0.137 e. The molecule has 0 saturated carbocycles. The van der Waals surface area contributed by atoms with Gasteiger partial charge in [-0.05, 0) is 35.8 Å². The number of quaternary nitrogens is 1. The minimum atomic E-state index is 0.472. The van der Waals surface area contributed by atoms with Crippen molar-refractivity contribution in [3.63, 3.8) is 0 Å². The summed E-state index contributed by atoms with van der Waals surface area (Å²) in [4.78, 5) is 0. The fourth-order valence-corrected chi connectivity index (χ4v) is 1.97. The van der Waals surface area contributed by atoms with E-state index in [9.17, 15) is 0 Å². The van der Waals surface area contributed by atoms with Crippen molar-refractivity contribution in [1.82, 2.24) is 0 Å². The van der Waals surface area contributed by atoms with E-state index in [1.165, 1.54) is 5.56 Å². The van der Waals surface area contributed by atoms with Gasteiger partial charge in [-0.15, -0.1) is 0 Å². The predicted molar refractivity (Wildman–Crippen MR) is 75.6 cm³/mol. The second-order valence-corrected chi connectivity index (χ2v) is 5.20. The molecule has 0 heterocycles. The molecule has 17 heavy (non-hydrogen) atoms. The topological polar surface area (TPSA) is 25.8 Å². The summed E-state index contributed by atoms with van der Waals surface area (Å²) in [6, 6.07) is 6.19. The van der Waals surface area contributed by atoms with Crippen LogP contribution >= 0.6 is 15.9 Å². The molecule has 0 aliphatic rings. The van der Waals surface area contributed by atoms with Gasteiger partial charge in [0.05, 0.1) is 6.54 Å². The first-order chi connectivity index (χ1) is 8.15. The van der Waals surface area contributed by atoms with Gasteiger partial charge in [-0.1, -0.05) is 36.4 Å². The molecule has 1 aromatic rings. The summed E-state index contributed by atoms with van der Waals surface area (Å²) in [6.45, 7) is 10.7. The summed E-state index contributed by atoms with van der Waals surface area (Å²) in [5, 5.41) is 2.18. The monoisotopic (exact) mass is 298 g/mol. The molecule has 0 unspecified atom stereocenters. The molecule has 0 aromatic heterocycles. The van der Waals surface area contributed by atoms with Crippen LogP contribution in [0.1, 0.15) is 25.3 Å². The summed E-state index contributed by atoms with van der Waals surface area (Å²) in [5.74, 6) is 1.47. The number of hydrogen-bond acceptors (Lipinski definition) is 1. The van der Waals surface area contributed by atoms with Crippen LogP contribution in [0.15, 0.2) is 35.3 Å². The van der Waals surface area contributed by atoms with Crippen molar-refractivity contribution in [3.8, 4) is 5.75 Å². The van der Waals surface area contributed by atoms with E-state index in [-0.39, 0.29) is 0 Å². The zero-order valence-electron chi connectivity index (χ0n) is 10.6. The molecule has 0 radical (unpaired) electrons. The van der Waals surface area contributed by atoms with Gasteiger partial charge in [-0.2, -0.15) is 0 Å². The minimum Gasteiger partial charge on any atom is -0.487 e. The van der Waals surface area contributed by atoms with Gasteiger partial charge in [0.1, 0.15) is 18.9 Å². The Hall–Kier alpha value is -0.800. The number of halogens is 1. The van der Waals surface area contributed by atoms with Crippen LogP contribution in [0.4, 0.5) is 0 Å². The van der Waals surface area contributed by atoms with Gasteiger partial charge in [0, 0.05) is 4.47 Å². The van der Waals surface area contributed by atoms with Crippen LogP contribution in [0.5, 0.6) is 5.75 Å². The normalized spacial score (nSPS) is 10.6. The number of rotatable bonds is 7. The van der Waals surface area contributed by atoms with Crippen LogP contribution in [0.25, 0.3) is 0 Å². The third kappa shape index (κ3) is 4.92. The van der Waals surface area contributed by atoms with Crippen LogP contribution in [0.2, 0.25) is 0 Å².